The maximum atomic E-state index is 11.4. The Morgan fingerprint density at radius 2 is 1.68 bits per heavy atom. The summed E-state index contributed by atoms with van der Waals surface area (Å²) < 4.78 is 1.55. The van der Waals surface area contributed by atoms with E-state index in [9.17, 15) is 9.90 Å². The maximum absolute atomic E-state index is 11.4. The normalized spacial score (nSPS) is 10.8. The minimum atomic E-state index is -0.951. The molecule has 0 aliphatic heterocycles. The van der Waals surface area contributed by atoms with Gasteiger partial charge in [-0.3, -0.25) is 0 Å². The molecule has 100 valence electrons. The van der Waals surface area contributed by atoms with E-state index in [0.717, 1.165) is 27.8 Å². The number of aryl methyl sites for hydroxylation is 3. The van der Waals surface area contributed by atoms with E-state index in [0.29, 0.717) is 5.69 Å². The van der Waals surface area contributed by atoms with Crippen molar-refractivity contribution in [3.8, 4) is 11.3 Å². The summed E-state index contributed by atoms with van der Waals surface area (Å²) in [6, 6.07) is 2.12. The number of hydrogen-bond donors (Lipinski definition) is 1. The van der Waals surface area contributed by atoms with Gasteiger partial charge >= 0.3 is 5.97 Å². The first-order valence-corrected chi connectivity index (χ1v) is 6.17. The van der Waals surface area contributed by atoms with Gasteiger partial charge in [0, 0.05) is 12.6 Å². The summed E-state index contributed by atoms with van der Waals surface area (Å²) in [5.74, 6) is -0.951. The van der Waals surface area contributed by atoms with Gasteiger partial charge in [0.1, 0.15) is 5.69 Å². The van der Waals surface area contributed by atoms with E-state index in [4.69, 9.17) is 0 Å². The molecule has 0 bridgehead atoms. The first-order valence-electron chi connectivity index (χ1n) is 6.17. The number of aromatic carboxylic acids is 1. The average Bonchev–Trinajstić information content (AvgIpc) is 2.69. The van der Waals surface area contributed by atoms with E-state index in [1.54, 1.807) is 17.9 Å². The van der Waals surface area contributed by atoms with Crippen molar-refractivity contribution >= 4 is 5.97 Å². The molecule has 0 unspecified atom stereocenters. The van der Waals surface area contributed by atoms with Gasteiger partial charge in [0.05, 0.1) is 6.33 Å². The van der Waals surface area contributed by atoms with Gasteiger partial charge in [-0.05, 0) is 49.9 Å². The molecule has 0 amide bonds. The monoisotopic (exact) mass is 258 g/mol. The predicted molar refractivity (Wildman–Crippen MR) is 74.6 cm³/mol. The smallest absolute Gasteiger partial charge is 0.354 e. The van der Waals surface area contributed by atoms with Crippen LogP contribution in [-0.2, 0) is 7.05 Å². The molecule has 1 N–H and O–H groups in total. The van der Waals surface area contributed by atoms with Crippen LogP contribution in [0.25, 0.3) is 11.3 Å². The van der Waals surface area contributed by atoms with Crippen LogP contribution in [0.5, 0.6) is 0 Å². The van der Waals surface area contributed by atoms with Gasteiger partial charge < -0.3 is 9.67 Å². The van der Waals surface area contributed by atoms with Gasteiger partial charge in [-0.25, -0.2) is 9.78 Å². The highest BCUT2D eigenvalue weighted by Gasteiger charge is 2.21. The highest BCUT2D eigenvalue weighted by atomic mass is 16.4. The third kappa shape index (κ3) is 2.03. The summed E-state index contributed by atoms with van der Waals surface area (Å²) in [4.78, 5) is 15.7. The summed E-state index contributed by atoms with van der Waals surface area (Å²) in [5, 5.41) is 9.36. The summed E-state index contributed by atoms with van der Waals surface area (Å²) in [5.41, 5.74) is 6.21. The van der Waals surface area contributed by atoms with E-state index >= 15 is 0 Å². The number of carboxylic acids is 1. The minimum Gasteiger partial charge on any atom is -0.477 e. The first-order chi connectivity index (χ1) is 8.84. The number of hydrogen-bond acceptors (Lipinski definition) is 2. The number of aromatic nitrogens is 2. The van der Waals surface area contributed by atoms with E-state index in [-0.39, 0.29) is 5.69 Å². The molecule has 4 heteroatoms. The summed E-state index contributed by atoms with van der Waals surface area (Å²) >= 11 is 0. The van der Waals surface area contributed by atoms with Gasteiger partial charge in [0.15, 0.2) is 5.69 Å². The van der Waals surface area contributed by atoms with Crippen molar-refractivity contribution in [1.29, 1.82) is 0 Å². The number of imidazole rings is 1. The topological polar surface area (TPSA) is 55.1 Å². The van der Waals surface area contributed by atoms with Gasteiger partial charge in [0.25, 0.3) is 0 Å². The van der Waals surface area contributed by atoms with Gasteiger partial charge in [-0.15, -0.1) is 0 Å². The lowest BCUT2D eigenvalue weighted by atomic mass is 9.91. The third-order valence-electron chi connectivity index (χ3n) is 3.74. The Bertz CT molecular complexity index is 643. The van der Waals surface area contributed by atoms with Crippen LogP contribution in [0.2, 0.25) is 0 Å². The van der Waals surface area contributed by atoms with Crippen molar-refractivity contribution in [2.24, 2.45) is 7.05 Å². The highest BCUT2D eigenvalue weighted by Crippen LogP contribution is 2.32. The van der Waals surface area contributed by atoms with Gasteiger partial charge in [-0.1, -0.05) is 6.07 Å². The quantitative estimate of drug-likeness (QED) is 0.900. The zero-order chi connectivity index (χ0) is 14.3. The number of benzene rings is 1. The molecule has 0 radical (unpaired) electrons. The van der Waals surface area contributed by atoms with Crippen molar-refractivity contribution in [3.63, 3.8) is 0 Å². The van der Waals surface area contributed by atoms with Crippen molar-refractivity contribution in [2.75, 3.05) is 0 Å². The Morgan fingerprint density at radius 1 is 1.16 bits per heavy atom. The van der Waals surface area contributed by atoms with Crippen molar-refractivity contribution in [1.82, 2.24) is 9.55 Å². The Morgan fingerprint density at radius 3 is 2.16 bits per heavy atom. The molecule has 0 atom stereocenters. The third-order valence-corrected chi connectivity index (χ3v) is 3.74. The summed E-state index contributed by atoms with van der Waals surface area (Å²) in [6.45, 7) is 8.10. The van der Waals surface area contributed by atoms with E-state index in [1.165, 1.54) is 0 Å². The van der Waals surface area contributed by atoms with Crippen LogP contribution in [0.1, 0.15) is 32.7 Å². The second-order valence-corrected chi connectivity index (χ2v) is 4.99. The molecular formula is C15H18N2O2. The molecule has 0 aliphatic carbocycles. The fourth-order valence-corrected chi connectivity index (χ4v) is 2.44. The standard InChI is InChI=1S/C15H18N2O2/c1-8-6-9(2)11(4)12(10(8)3)13-14(15(18)19)17(5)7-16-13/h6-7H,1-5H3,(H,18,19). The summed E-state index contributed by atoms with van der Waals surface area (Å²) in [7, 11) is 1.70. The Kier molecular flexibility index (Phi) is 3.18. The Hall–Kier alpha value is -2.10. The molecule has 1 aromatic heterocycles. The van der Waals surface area contributed by atoms with Crippen molar-refractivity contribution in [3.05, 3.63) is 40.3 Å². The second kappa shape index (κ2) is 4.53. The van der Waals surface area contributed by atoms with E-state index in [1.807, 2.05) is 27.7 Å². The first kappa shape index (κ1) is 13.3. The lowest BCUT2D eigenvalue weighted by molar-refractivity contribution is 0.0687. The number of rotatable bonds is 2. The van der Waals surface area contributed by atoms with Gasteiger partial charge in [-0.2, -0.15) is 0 Å². The fraction of sp³-hybridized carbons (Fsp3) is 0.333. The molecule has 0 saturated carbocycles. The number of carbonyl (C=O) groups is 1. The second-order valence-electron chi connectivity index (χ2n) is 4.99. The molecule has 0 fully saturated rings. The van der Waals surface area contributed by atoms with E-state index < -0.39 is 5.97 Å². The molecule has 1 aromatic carbocycles. The molecule has 2 aromatic rings. The zero-order valence-corrected chi connectivity index (χ0v) is 11.9. The molecule has 1 heterocycles. The van der Waals surface area contributed by atoms with Crippen molar-refractivity contribution in [2.45, 2.75) is 27.7 Å². The van der Waals surface area contributed by atoms with E-state index in [2.05, 4.69) is 11.1 Å². The SMILES string of the molecule is Cc1cc(C)c(C)c(-c2ncn(C)c2C(=O)O)c1C. The molecule has 4 nitrogen and oxygen atoms in total. The minimum absolute atomic E-state index is 0.233. The zero-order valence-electron chi connectivity index (χ0n) is 11.9. The molecule has 0 saturated heterocycles. The number of carboxylic acid groups (broad SMARTS) is 1. The molecule has 19 heavy (non-hydrogen) atoms. The average molecular weight is 258 g/mol. The molecule has 2 rings (SSSR count). The highest BCUT2D eigenvalue weighted by molar-refractivity contribution is 5.94. The lowest BCUT2D eigenvalue weighted by Crippen LogP contribution is -2.07. The van der Waals surface area contributed by atoms with Crippen molar-refractivity contribution < 1.29 is 9.90 Å². The van der Waals surface area contributed by atoms with Crippen LogP contribution in [0.4, 0.5) is 0 Å². The van der Waals surface area contributed by atoms with Crippen LogP contribution in [0.3, 0.4) is 0 Å². The van der Waals surface area contributed by atoms with Gasteiger partial charge in [0.2, 0.25) is 0 Å². The summed E-state index contributed by atoms with van der Waals surface area (Å²) in [6.07, 6.45) is 1.55. The van der Waals surface area contributed by atoms with Crippen LogP contribution >= 0.6 is 0 Å². The molecule has 0 aliphatic rings. The maximum Gasteiger partial charge on any atom is 0.354 e. The van der Waals surface area contributed by atoms with Crippen LogP contribution in [0.15, 0.2) is 12.4 Å². The predicted octanol–water partition coefficient (Wildman–Crippen LogP) is 3.02. The Labute approximate surface area is 112 Å². The molecule has 0 spiro atoms. The molecular weight excluding hydrogens is 240 g/mol. The fourth-order valence-electron chi connectivity index (χ4n) is 2.44. The largest absolute Gasteiger partial charge is 0.477 e. The van der Waals surface area contributed by atoms with Crippen LogP contribution in [-0.4, -0.2) is 20.6 Å². The number of nitrogens with zero attached hydrogens (tertiary/aromatic N) is 2. The lowest BCUT2D eigenvalue weighted by Gasteiger charge is -2.14. The van der Waals surface area contributed by atoms with Crippen LogP contribution in [0, 0.1) is 27.7 Å². The van der Waals surface area contributed by atoms with Crippen LogP contribution < -0.4 is 0 Å². The Balaban J connectivity index is 2.83.